The fraction of sp³-hybridized carbons (Fsp3) is 0.467. The van der Waals surface area contributed by atoms with Crippen molar-refractivity contribution in [1.82, 2.24) is 10.6 Å². The molecule has 0 aromatic heterocycles. The maximum Gasteiger partial charge on any atom is 0.404 e. The van der Waals surface area contributed by atoms with Gasteiger partial charge in [-0.1, -0.05) is 62.6 Å². The lowest BCUT2D eigenvalue weighted by molar-refractivity contribution is -0.149. The lowest BCUT2D eigenvalue weighted by atomic mass is 9.86. The smallest absolute Gasteiger partial charge is 0.404 e. The summed E-state index contributed by atoms with van der Waals surface area (Å²) < 4.78 is 15.3. The zero-order chi connectivity index (χ0) is 30.1. The predicted octanol–water partition coefficient (Wildman–Crippen LogP) is 3.71. The van der Waals surface area contributed by atoms with Crippen LogP contribution in [0.5, 0.6) is 0 Å². The summed E-state index contributed by atoms with van der Waals surface area (Å²) in [5.74, 6) is 3.87. The first-order valence-electron chi connectivity index (χ1n) is 13.0. The minimum atomic E-state index is -0.865. The van der Waals surface area contributed by atoms with Crippen LogP contribution >= 0.6 is 0 Å². The molecule has 0 fully saturated rings. The standard InChI is InChI=1S/C30H41N3O7/c1-7-8-13-22(40-29(31)37)14-11-20-32-27(35)26(30(3,4)5)33-25(34)15-10-9-12-21(2)16-17-23-18-19-24(38-6)28(36)39-23/h7-9,11-12,16,19-20,22-23,26H,13-14,17-18H2,1-6H3,(H2,31,37)(H,32,35)(H,33,34)/b8-7-,12-9-,20-11-,21-16+. The first kappa shape index (κ1) is 33.8. The second kappa shape index (κ2) is 17.4. The summed E-state index contributed by atoms with van der Waals surface area (Å²) in [4.78, 5) is 48.0. The molecule has 0 aliphatic carbocycles. The second-order valence-electron chi connectivity index (χ2n) is 10.1. The van der Waals surface area contributed by atoms with Crippen molar-refractivity contribution in [3.63, 3.8) is 0 Å². The van der Waals surface area contributed by atoms with E-state index in [0.717, 1.165) is 5.57 Å². The van der Waals surface area contributed by atoms with Crippen LogP contribution in [-0.2, 0) is 28.6 Å². The molecule has 3 atom stereocenters. The number of carbonyl (C=O) groups excluding carboxylic acids is 4. The van der Waals surface area contributed by atoms with Crippen molar-refractivity contribution in [2.24, 2.45) is 11.1 Å². The number of methoxy groups -OCH3 is 1. The van der Waals surface area contributed by atoms with E-state index < -0.39 is 41.4 Å². The third kappa shape index (κ3) is 13.5. The van der Waals surface area contributed by atoms with E-state index >= 15 is 0 Å². The van der Waals surface area contributed by atoms with Crippen molar-refractivity contribution in [2.75, 3.05) is 7.11 Å². The summed E-state index contributed by atoms with van der Waals surface area (Å²) in [6, 6.07) is -0.851. The fourth-order valence-corrected chi connectivity index (χ4v) is 3.49. The van der Waals surface area contributed by atoms with Gasteiger partial charge in [0.15, 0.2) is 5.76 Å². The summed E-state index contributed by atoms with van der Waals surface area (Å²) in [6.45, 7) is 9.20. The van der Waals surface area contributed by atoms with Crippen molar-refractivity contribution in [2.45, 2.75) is 78.6 Å². The third-order valence-corrected chi connectivity index (χ3v) is 5.64. The Morgan fingerprint density at radius 2 is 1.95 bits per heavy atom. The topological polar surface area (TPSA) is 146 Å². The maximum absolute atomic E-state index is 12.8. The van der Waals surface area contributed by atoms with Crippen LogP contribution in [0.1, 0.15) is 60.3 Å². The average Bonchev–Trinajstić information content (AvgIpc) is 2.88. The van der Waals surface area contributed by atoms with Crippen LogP contribution in [0.15, 0.2) is 60.1 Å². The minimum Gasteiger partial charge on any atom is -0.490 e. The molecule has 3 amide bonds. The number of primary amides is 1. The number of ether oxygens (including phenoxy) is 3. The van der Waals surface area contributed by atoms with Gasteiger partial charge in [-0.2, -0.15) is 0 Å². The van der Waals surface area contributed by atoms with Gasteiger partial charge in [0.1, 0.15) is 18.2 Å². The predicted molar refractivity (Wildman–Crippen MR) is 152 cm³/mol. The van der Waals surface area contributed by atoms with Gasteiger partial charge in [0.05, 0.1) is 7.11 Å². The van der Waals surface area contributed by atoms with E-state index in [-0.39, 0.29) is 11.9 Å². The molecule has 0 saturated carbocycles. The van der Waals surface area contributed by atoms with Crippen LogP contribution in [0.3, 0.4) is 0 Å². The molecule has 40 heavy (non-hydrogen) atoms. The Kier molecular flexibility index (Phi) is 14.6. The molecule has 1 heterocycles. The van der Waals surface area contributed by atoms with Gasteiger partial charge in [-0.25, -0.2) is 9.59 Å². The molecule has 0 saturated heterocycles. The summed E-state index contributed by atoms with van der Waals surface area (Å²) in [5.41, 5.74) is 5.41. The van der Waals surface area contributed by atoms with E-state index in [1.165, 1.54) is 19.4 Å². The third-order valence-electron chi connectivity index (χ3n) is 5.64. The molecule has 0 bridgehead atoms. The normalized spacial score (nSPS) is 17.4. The number of amides is 3. The first-order chi connectivity index (χ1) is 18.9. The zero-order valence-corrected chi connectivity index (χ0v) is 24.1. The van der Waals surface area contributed by atoms with Crippen LogP contribution in [-0.4, -0.2) is 49.2 Å². The molecule has 3 unspecified atom stereocenters. The Hall–Kier alpha value is -4.26. The largest absolute Gasteiger partial charge is 0.490 e. The number of cyclic esters (lactones) is 1. The van der Waals surface area contributed by atoms with E-state index in [1.807, 2.05) is 52.8 Å². The highest BCUT2D eigenvalue weighted by atomic mass is 16.6. The minimum absolute atomic E-state index is 0.217. The van der Waals surface area contributed by atoms with Crippen LogP contribution in [0, 0.1) is 17.3 Å². The van der Waals surface area contributed by atoms with E-state index in [1.54, 1.807) is 18.2 Å². The molecular weight excluding hydrogens is 514 g/mol. The van der Waals surface area contributed by atoms with Crippen molar-refractivity contribution in [3.8, 4) is 11.8 Å². The van der Waals surface area contributed by atoms with E-state index in [2.05, 4.69) is 22.5 Å². The van der Waals surface area contributed by atoms with Crippen molar-refractivity contribution in [3.05, 3.63) is 60.1 Å². The highest BCUT2D eigenvalue weighted by Crippen LogP contribution is 2.20. The molecule has 10 nitrogen and oxygen atoms in total. The van der Waals surface area contributed by atoms with E-state index in [9.17, 15) is 19.2 Å². The van der Waals surface area contributed by atoms with Crippen molar-refractivity contribution >= 4 is 23.9 Å². The highest BCUT2D eigenvalue weighted by Gasteiger charge is 2.32. The Morgan fingerprint density at radius 3 is 2.55 bits per heavy atom. The molecule has 218 valence electrons. The number of nitrogens with two attached hydrogens (primary N) is 1. The molecular formula is C30H41N3O7. The van der Waals surface area contributed by atoms with Gasteiger partial charge in [-0.15, -0.1) is 0 Å². The quantitative estimate of drug-likeness (QED) is 0.144. The maximum atomic E-state index is 12.8. The number of hydrogen-bond donors (Lipinski definition) is 3. The van der Waals surface area contributed by atoms with Gasteiger partial charge in [-0.3, -0.25) is 9.59 Å². The number of nitrogens with one attached hydrogen (secondary N) is 2. The SMILES string of the molecule is C/C=C\CC(C/C=C\NC(=O)C(NC(=O)C#C/C=C\C(C)=C\CC1CC=C(OC)C(=O)O1)C(C)(C)C)OC(N)=O. The molecule has 0 spiro atoms. The Balaban J connectivity index is 2.66. The Bertz CT molecular complexity index is 1110. The number of carbonyl (C=O) groups is 4. The molecule has 0 aromatic rings. The summed E-state index contributed by atoms with van der Waals surface area (Å²) in [7, 11) is 1.43. The monoisotopic (exact) mass is 555 g/mol. The summed E-state index contributed by atoms with van der Waals surface area (Å²) in [5, 5.41) is 5.32. The van der Waals surface area contributed by atoms with Gasteiger partial charge < -0.3 is 30.6 Å². The second-order valence-corrected chi connectivity index (χ2v) is 10.1. The number of rotatable bonds is 12. The van der Waals surface area contributed by atoms with E-state index in [0.29, 0.717) is 25.7 Å². The van der Waals surface area contributed by atoms with Crippen LogP contribution in [0.25, 0.3) is 0 Å². The molecule has 0 radical (unpaired) electrons. The van der Waals surface area contributed by atoms with Gasteiger partial charge in [0.25, 0.3) is 5.91 Å². The molecule has 1 aliphatic rings. The molecule has 10 heteroatoms. The van der Waals surface area contributed by atoms with Crippen LogP contribution in [0.4, 0.5) is 4.79 Å². The number of esters is 1. The number of allylic oxidation sites excluding steroid dienone is 4. The van der Waals surface area contributed by atoms with Gasteiger partial charge in [0, 0.05) is 25.7 Å². The van der Waals surface area contributed by atoms with E-state index in [4.69, 9.17) is 19.9 Å². The molecule has 4 N–H and O–H groups in total. The lowest BCUT2D eigenvalue weighted by Crippen LogP contribution is -2.52. The van der Waals surface area contributed by atoms with Crippen LogP contribution in [0.2, 0.25) is 0 Å². The zero-order valence-electron chi connectivity index (χ0n) is 24.1. The first-order valence-corrected chi connectivity index (χ1v) is 13.0. The molecule has 0 aromatic carbocycles. The van der Waals surface area contributed by atoms with Crippen LogP contribution < -0.4 is 16.4 Å². The van der Waals surface area contributed by atoms with Crippen molar-refractivity contribution < 1.29 is 33.4 Å². The Morgan fingerprint density at radius 1 is 1.25 bits per heavy atom. The fourth-order valence-electron chi connectivity index (χ4n) is 3.49. The Labute approximate surface area is 236 Å². The molecule has 1 aliphatic heterocycles. The number of hydrogen-bond acceptors (Lipinski definition) is 7. The summed E-state index contributed by atoms with van der Waals surface area (Å²) in [6.07, 6.45) is 14.1. The van der Waals surface area contributed by atoms with Crippen molar-refractivity contribution in [1.29, 1.82) is 0 Å². The molecule has 1 rings (SSSR count). The average molecular weight is 556 g/mol. The van der Waals surface area contributed by atoms with Gasteiger partial charge >= 0.3 is 12.1 Å². The summed E-state index contributed by atoms with van der Waals surface area (Å²) >= 11 is 0. The highest BCUT2D eigenvalue weighted by molar-refractivity contribution is 5.97. The lowest BCUT2D eigenvalue weighted by Gasteiger charge is -2.29. The van der Waals surface area contributed by atoms with Gasteiger partial charge in [0.2, 0.25) is 5.91 Å². The van der Waals surface area contributed by atoms with Gasteiger partial charge in [-0.05, 0) is 43.5 Å².